The highest BCUT2D eigenvalue weighted by Crippen LogP contribution is 2.20. The number of amides is 1. The summed E-state index contributed by atoms with van der Waals surface area (Å²) in [7, 11) is -3.69. The smallest absolute Gasteiger partial charge is 0.275 e. The first kappa shape index (κ1) is 21.5. The van der Waals surface area contributed by atoms with Crippen molar-refractivity contribution in [3.63, 3.8) is 0 Å². The molecular formula is C21H29N4O3S+. The molecule has 2 aliphatic rings. The first-order valence-electron chi connectivity index (χ1n) is 10.3. The van der Waals surface area contributed by atoms with E-state index in [1.807, 2.05) is 6.07 Å². The Bertz CT molecular complexity index is 897. The Labute approximate surface area is 173 Å². The van der Waals surface area contributed by atoms with Gasteiger partial charge in [0.1, 0.15) is 6.07 Å². The van der Waals surface area contributed by atoms with E-state index in [2.05, 4.69) is 11.4 Å². The third kappa shape index (κ3) is 5.66. The zero-order valence-corrected chi connectivity index (χ0v) is 17.5. The number of carbonyl (C=O) groups is 1. The van der Waals surface area contributed by atoms with Crippen LogP contribution in [0.15, 0.2) is 40.8 Å². The van der Waals surface area contributed by atoms with Crippen LogP contribution in [0.3, 0.4) is 0 Å². The topological polar surface area (TPSA) is 94.7 Å². The summed E-state index contributed by atoms with van der Waals surface area (Å²) in [6.07, 6.45) is 8.03. The Kier molecular flexibility index (Phi) is 7.42. The number of piperazine rings is 1. The molecule has 0 spiro atoms. The van der Waals surface area contributed by atoms with Crippen molar-refractivity contribution in [2.45, 2.75) is 37.0 Å². The summed E-state index contributed by atoms with van der Waals surface area (Å²) in [5, 5.41) is 12.2. The minimum Gasteiger partial charge on any atom is -0.351 e. The molecule has 29 heavy (non-hydrogen) atoms. The van der Waals surface area contributed by atoms with Gasteiger partial charge in [-0.25, -0.2) is 8.42 Å². The molecule has 1 heterocycles. The number of nitriles is 1. The van der Waals surface area contributed by atoms with Gasteiger partial charge in [-0.2, -0.15) is 9.57 Å². The molecule has 156 valence electrons. The van der Waals surface area contributed by atoms with Crippen molar-refractivity contribution in [3.05, 3.63) is 41.5 Å². The van der Waals surface area contributed by atoms with E-state index < -0.39 is 10.0 Å². The maximum absolute atomic E-state index is 12.9. The summed E-state index contributed by atoms with van der Waals surface area (Å²) in [5.74, 6) is 0.0162. The summed E-state index contributed by atoms with van der Waals surface area (Å²) < 4.78 is 27.2. The van der Waals surface area contributed by atoms with Gasteiger partial charge in [-0.05, 0) is 44.2 Å². The Morgan fingerprint density at radius 2 is 1.97 bits per heavy atom. The molecule has 1 aliphatic heterocycles. The average molecular weight is 418 g/mol. The summed E-state index contributed by atoms with van der Waals surface area (Å²) in [5.41, 5.74) is 1.61. The normalized spacial score (nSPS) is 18.7. The second-order valence-electron chi connectivity index (χ2n) is 7.65. The number of benzene rings is 1. The molecule has 1 aromatic carbocycles. The molecule has 0 bridgehead atoms. The van der Waals surface area contributed by atoms with E-state index in [9.17, 15) is 18.5 Å². The quantitative estimate of drug-likeness (QED) is 0.630. The van der Waals surface area contributed by atoms with Gasteiger partial charge in [0.25, 0.3) is 5.91 Å². The van der Waals surface area contributed by atoms with Crippen molar-refractivity contribution >= 4 is 15.9 Å². The molecule has 0 atom stereocenters. The van der Waals surface area contributed by atoms with Gasteiger partial charge in [0.15, 0.2) is 6.54 Å². The number of carbonyl (C=O) groups excluding carboxylic acids is 1. The fourth-order valence-electron chi connectivity index (χ4n) is 3.93. The van der Waals surface area contributed by atoms with Crippen LogP contribution < -0.4 is 10.2 Å². The lowest BCUT2D eigenvalue weighted by atomic mass is 9.97. The Balaban J connectivity index is 1.45. The molecule has 0 saturated carbocycles. The number of quaternary nitrogens is 1. The number of nitrogens with zero attached hydrogens (tertiary/aromatic N) is 2. The van der Waals surface area contributed by atoms with Crippen LogP contribution in [-0.2, 0) is 14.8 Å². The number of sulfonamides is 1. The maximum Gasteiger partial charge on any atom is 0.275 e. The minimum absolute atomic E-state index is 0.0162. The average Bonchev–Trinajstić information content (AvgIpc) is 2.75. The van der Waals surface area contributed by atoms with Gasteiger partial charge in [0, 0.05) is 6.54 Å². The van der Waals surface area contributed by atoms with Crippen LogP contribution in [0.1, 0.15) is 37.7 Å². The maximum atomic E-state index is 12.9. The first-order chi connectivity index (χ1) is 14.0. The van der Waals surface area contributed by atoms with Gasteiger partial charge in [-0.3, -0.25) is 4.79 Å². The zero-order valence-electron chi connectivity index (χ0n) is 16.7. The third-order valence-electron chi connectivity index (χ3n) is 5.62. The minimum atomic E-state index is -3.69. The fraction of sp³-hybridized carbons (Fsp3) is 0.524. The summed E-state index contributed by atoms with van der Waals surface area (Å²) in [6.45, 7) is 2.87. The molecule has 2 N–H and O–H groups in total. The molecule has 1 aromatic rings. The van der Waals surface area contributed by atoms with Crippen molar-refractivity contribution < 1.29 is 18.1 Å². The van der Waals surface area contributed by atoms with Crippen molar-refractivity contribution in [1.82, 2.24) is 9.62 Å². The van der Waals surface area contributed by atoms with Crippen molar-refractivity contribution in [2.24, 2.45) is 0 Å². The van der Waals surface area contributed by atoms with Crippen LogP contribution in [0, 0.1) is 11.3 Å². The lowest BCUT2D eigenvalue weighted by molar-refractivity contribution is -0.895. The van der Waals surface area contributed by atoms with Crippen LogP contribution in [-0.4, -0.2) is 57.9 Å². The molecule has 0 radical (unpaired) electrons. The van der Waals surface area contributed by atoms with E-state index in [-0.39, 0.29) is 16.4 Å². The second kappa shape index (κ2) is 10.0. The molecule has 7 nitrogen and oxygen atoms in total. The standard InChI is InChI=1S/C21H28N4O3S/c22-16-19-8-4-5-9-20(19)29(27,28)25-14-12-24(13-15-25)17-21(26)23-11-10-18-6-2-1-3-7-18/h4-6,8-9H,1-3,7,10-15,17H2,(H,23,26)/p+1. The molecule has 1 saturated heterocycles. The molecular weight excluding hydrogens is 388 g/mol. The van der Waals surface area contributed by atoms with Gasteiger partial charge in [-0.1, -0.05) is 23.8 Å². The predicted molar refractivity (Wildman–Crippen MR) is 110 cm³/mol. The monoisotopic (exact) mass is 417 g/mol. The first-order valence-corrected chi connectivity index (χ1v) is 11.7. The van der Waals surface area contributed by atoms with Crippen LogP contribution in [0.4, 0.5) is 0 Å². The SMILES string of the molecule is N#Cc1ccccc1S(=O)(=O)N1CC[NH+](CC(=O)NCCC2=CCCCC2)CC1. The van der Waals surface area contributed by atoms with Crippen LogP contribution in [0.25, 0.3) is 0 Å². The molecule has 1 aliphatic carbocycles. The summed E-state index contributed by atoms with van der Waals surface area (Å²) in [6, 6.07) is 8.23. The Morgan fingerprint density at radius 1 is 1.21 bits per heavy atom. The number of nitrogens with one attached hydrogen (secondary N) is 2. The van der Waals surface area contributed by atoms with E-state index in [1.54, 1.807) is 12.1 Å². The highest BCUT2D eigenvalue weighted by Gasteiger charge is 2.32. The van der Waals surface area contributed by atoms with Gasteiger partial charge in [0.2, 0.25) is 10.0 Å². The molecule has 1 amide bonds. The van der Waals surface area contributed by atoms with E-state index in [4.69, 9.17) is 0 Å². The predicted octanol–water partition coefficient (Wildman–Crippen LogP) is 0.454. The number of hydrogen-bond acceptors (Lipinski definition) is 4. The van der Waals surface area contributed by atoms with E-state index in [0.717, 1.165) is 24.2 Å². The highest BCUT2D eigenvalue weighted by atomic mass is 32.2. The lowest BCUT2D eigenvalue weighted by Crippen LogP contribution is -3.15. The van der Waals surface area contributed by atoms with Crippen molar-refractivity contribution in [2.75, 3.05) is 39.3 Å². The molecule has 0 aromatic heterocycles. The van der Waals surface area contributed by atoms with Crippen LogP contribution >= 0.6 is 0 Å². The number of rotatable bonds is 7. The molecule has 1 fully saturated rings. The summed E-state index contributed by atoms with van der Waals surface area (Å²) in [4.78, 5) is 13.4. The molecule has 3 rings (SSSR count). The number of allylic oxidation sites excluding steroid dienone is 1. The Morgan fingerprint density at radius 3 is 2.66 bits per heavy atom. The number of hydrogen-bond donors (Lipinski definition) is 2. The molecule has 8 heteroatoms. The van der Waals surface area contributed by atoms with Gasteiger partial charge >= 0.3 is 0 Å². The van der Waals surface area contributed by atoms with E-state index in [0.29, 0.717) is 39.3 Å². The fourth-order valence-corrected chi connectivity index (χ4v) is 5.51. The largest absolute Gasteiger partial charge is 0.351 e. The van der Waals surface area contributed by atoms with E-state index >= 15 is 0 Å². The zero-order chi connectivity index (χ0) is 20.7. The molecule has 0 unspecified atom stereocenters. The lowest BCUT2D eigenvalue weighted by Gasteiger charge is -2.31. The second-order valence-corrected chi connectivity index (χ2v) is 9.55. The van der Waals surface area contributed by atoms with Crippen molar-refractivity contribution in [3.8, 4) is 6.07 Å². The van der Waals surface area contributed by atoms with Crippen LogP contribution in [0.2, 0.25) is 0 Å². The van der Waals surface area contributed by atoms with E-state index in [1.165, 1.54) is 34.9 Å². The summed E-state index contributed by atoms with van der Waals surface area (Å²) >= 11 is 0. The van der Waals surface area contributed by atoms with Gasteiger partial charge in [-0.15, -0.1) is 0 Å². The highest BCUT2D eigenvalue weighted by molar-refractivity contribution is 7.89. The van der Waals surface area contributed by atoms with Gasteiger partial charge in [0.05, 0.1) is 36.6 Å². The third-order valence-corrected chi connectivity index (χ3v) is 7.58. The van der Waals surface area contributed by atoms with Crippen molar-refractivity contribution in [1.29, 1.82) is 5.26 Å². The Hall–Kier alpha value is -2.21. The van der Waals surface area contributed by atoms with Crippen LogP contribution in [0.5, 0.6) is 0 Å². The van der Waals surface area contributed by atoms with Gasteiger partial charge < -0.3 is 10.2 Å².